The molecule has 5 nitrogen and oxygen atoms in total. The number of carbonyl (C=O) groups excluding carboxylic acids is 1. The van der Waals surface area contributed by atoms with Crippen molar-refractivity contribution in [3.8, 4) is 0 Å². The van der Waals surface area contributed by atoms with Gasteiger partial charge in [-0.05, 0) is 36.4 Å². The van der Waals surface area contributed by atoms with Crippen LogP contribution in [0.1, 0.15) is 10.5 Å². The first-order valence-corrected chi connectivity index (χ1v) is 7.89. The van der Waals surface area contributed by atoms with Crippen molar-refractivity contribution in [1.82, 2.24) is 9.97 Å². The third-order valence-electron chi connectivity index (χ3n) is 3.17. The van der Waals surface area contributed by atoms with Crippen molar-refractivity contribution in [2.24, 2.45) is 0 Å². The normalized spacial score (nSPS) is 10.4. The van der Waals surface area contributed by atoms with Crippen molar-refractivity contribution in [3.63, 3.8) is 0 Å². The van der Waals surface area contributed by atoms with Crippen LogP contribution in [0.2, 0.25) is 10.0 Å². The SMILES string of the molecule is O=C(Nc1cccc(F)c1)c1ccnc(Nc2c(Cl)cccc2Cl)n1. The second kappa shape index (κ2) is 7.46. The average molecular weight is 377 g/mol. The summed E-state index contributed by atoms with van der Waals surface area (Å²) >= 11 is 12.2. The number of halogens is 3. The number of anilines is 3. The lowest BCUT2D eigenvalue weighted by atomic mass is 10.3. The van der Waals surface area contributed by atoms with E-state index in [1.54, 1.807) is 24.3 Å². The molecule has 0 spiro atoms. The maximum Gasteiger partial charge on any atom is 0.274 e. The predicted molar refractivity (Wildman–Crippen MR) is 96.1 cm³/mol. The molecule has 1 aromatic heterocycles. The molecule has 0 aliphatic heterocycles. The Kier molecular flexibility index (Phi) is 5.11. The van der Waals surface area contributed by atoms with E-state index in [2.05, 4.69) is 20.6 Å². The average Bonchev–Trinajstić information content (AvgIpc) is 2.58. The van der Waals surface area contributed by atoms with Crippen LogP contribution in [0.3, 0.4) is 0 Å². The van der Waals surface area contributed by atoms with Crippen LogP contribution in [0, 0.1) is 5.82 Å². The number of rotatable bonds is 4. The Morgan fingerprint density at radius 3 is 2.48 bits per heavy atom. The minimum absolute atomic E-state index is 0.102. The third kappa shape index (κ3) is 4.23. The van der Waals surface area contributed by atoms with Crippen molar-refractivity contribution in [3.05, 3.63) is 76.3 Å². The predicted octanol–water partition coefficient (Wildman–Crippen LogP) is 4.92. The summed E-state index contributed by atoms with van der Waals surface area (Å²) in [5.74, 6) is -0.792. The number of amides is 1. The Labute approximate surface area is 152 Å². The molecule has 8 heteroatoms. The van der Waals surface area contributed by atoms with Crippen LogP contribution in [-0.2, 0) is 0 Å². The highest BCUT2D eigenvalue weighted by atomic mass is 35.5. The lowest BCUT2D eigenvalue weighted by Gasteiger charge is -2.10. The molecule has 3 aromatic rings. The fourth-order valence-corrected chi connectivity index (χ4v) is 2.53. The molecule has 0 saturated carbocycles. The summed E-state index contributed by atoms with van der Waals surface area (Å²) in [6, 6.07) is 12.0. The first-order valence-electron chi connectivity index (χ1n) is 7.14. The summed E-state index contributed by atoms with van der Waals surface area (Å²) in [5.41, 5.74) is 0.866. The van der Waals surface area contributed by atoms with Gasteiger partial charge in [-0.15, -0.1) is 0 Å². The molecule has 1 amide bonds. The number of carbonyl (C=O) groups is 1. The van der Waals surface area contributed by atoms with Crippen molar-refractivity contribution in [2.45, 2.75) is 0 Å². The molecular formula is C17H11Cl2FN4O. The lowest BCUT2D eigenvalue weighted by Crippen LogP contribution is -2.15. The largest absolute Gasteiger partial charge is 0.322 e. The van der Waals surface area contributed by atoms with E-state index in [0.29, 0.717) is 21.4 Å². The topological polar surface area (TPSA) is 66.9 Å². The molecule has 0 atom stereocenters. The van der Waals surface area contributed by atoms with Crippen molar-refractivity contribution in [1.29, 1.82) is 0 Å². The summed E-state index contributed by atoms with van der Waals surface area (Å²) in [7, 11) is 0. The van der Waals surface area contributed by atoms with Gasteiger partial charge in [0.1, 0.15) is 11.5 Å². The summed E-state index contributed by atoms with van der Waals surface area (Å²) in [6.07, 6.45) is 1.42. The van der Waals surface area contributed by atoms with E-state index < -0.39 is 11.7 Å². The molecule has 0 unspecified atom stereocenters. The molecule has 0 fully saturated rings. The number of benzene rings is 2. The van der Waals surface area contributed by atoms with Gasteiger partial charge in [-0.1, -0.05) is 35.3 Å². The summed E-state index contributed by atoms with van der Waals surface area (Å²) in [4.78, 5) is 20.4. The second-order valence-electron chi connectivity index (χ2n) is 4.95. The van der Waals surface area contributed by atoms with E-state index in [-0.39, 0.29) is 11.6 Å². The number of hydrogen-bond donors (Lipinski definition) is 2. The van der Waals surface area contributed by atoms with Crippen LogP contribution < -0.4 is 10.6 Å². The molecule has 126 valence electrons. The molecule has 1 heterocycles. The Morgan fingerprint density at radius 1 is 1.04 bits per heavy atom. The summed E-state index contributed by atoms with van der Waals surface area (Å²) in [5, 5.41) is 6.23. The van der Waals surface area contributed by atoms with Crippen molar-refractivity contribution >= 4 is 46.4 Å². The van der Waals surface area contributed by atoms with Crippen LogP contribution >= 0.6 is 23.2 Å². The van der Waals surface area contributed by atoms with Crippen LogP contribution in [-0.4, -0.2) is 15.9 Å². The first-order chi connectivity index (χ1) is 12.0. The fraction of sp³-hybridized carbons (Fsp3) is 0. The van der Waals surface area contributed by atoms with Gasteiger partial charge in [0.2, 0.25) is 5.95 Å². The second-order valence-corrected chi connectivity index (χ2v) is 5.77. The maximum atomic E-state index is 13.2. The highest BCUT2D eigenvalue weighted by molar-refractivity contribution is 6.39. The molecule has 0 radical (unpaired) electrons. The fourth-order valence-electron chi connectivity index (χ4n) is 2.04. The number of nitrogens with one attached hydrogen (secondary N) is 2. The number of nitrogens with zero attached hydrogens (tertiary/aromatic N) is 2. The zero-order valence-electron chi connectivity index (χ0n) is 12.6. The van der Waals surface area contributed by atoms with E-state index >= 15 is 0 Å². The van der Waals surface area contributed by atoms with Gasteiger partial charge >= 0.3 is 0 Å². The number of aromatic nitrogens is 2. The quantitative estimate of drug-likeness (QED) is 0.678. The van der Waals surface area contributed by atoms with Gasteiger partial charge in [0.15, 0.2) is 0 Å². The molecule has 2 aromatic carbocycles. The summed E-state index contributed by atoms with van der Waals surface area (Å²) < 4.78 is 13.2. The lowest BCUT2D eigenvalue weighted by molar-refractivity contribution is 0.102. The maximum absolute atomic E-state index is 13.2. The van der Waals surface area contributed by atoms with Gasteiger partial charge in [0, 0.05) is 11.9 Å². The Balaban J connectivity index is 1.80. The van der Waals surface area contributed by atoms with Crippen LogP contribution in [0.4, 0.5) is 21.7 Å². The first kappa shape index (κ1) is 17.1. The standard InChI is InChI=1S/C17H11Cl2FN4O/c18-12-5-2-6-13(19)15(12)24-17-21-8-7-14(23-17)16(25)22-11-4-1-3-10(20)9-11/h1-9H,(H,22,25)(H,21,23,24). The van der Waals surface area contributed by atoms with E-state index in [0.717, 1.165) is 0 Å². The van der Waals surface area contributed by atoms with Crippen LogP contribution in [0.15, 0.2) is 54.7 Å². The van der Waals surface area contributed by atoms with Gasteiger partial charge < -0.3 is 10.6 Å². The van der Waals surface area contributed by atoms with Crippen molar-refractivity contribution < 1.29 is 9.18 Å². The molecule has 0 bridgehead atoms. The number of hydrogen-bond acceptors (Lipinski definition) is 4. The molecule has 0 aliphatic rings. The van der Waals surface area contributed by atoms with Gasteiger partial charge in [-0.25, -0.2) is 14.4 Å². The minimum Gasteiger partial charge on any atom is -0.322 e. The third-order valence-corrected chi connectivity index (χ3v) is 3.80. The van der Waals surface area contributed by atoms with E-state index in [9.17, 15) is 9.18 Å². The molecular weight excluding hydrogens is 366 g/mol. The van der Waals surface area contributed by atoms with Gasteiger partial charge in [-0.2, -0.15) is 0 Å². The Morgan fingerprint density at radius 2 is 1.76 bits per heavy atom. The van der Waals surface area contributed by atoms with Gasteiger partial charge in [-0.3, -0.25) is 4.79 Å². The zero-order valence-corrected chi connectivity index (χ0v) is 14.1. The molecule has 25 heavy (non-hydrogen) atoms. The number of para-hydroxylation sites is 1. The van der Waals surface area contributed by atoms with Gasteiger partial charge in [0.05, 0.1) is 15.7 Å². The molecule has 3 rings (SSSR count). The van der Waals surface area contributed by atoms with Crippen molar-refractivity contribution in [2.75, 3.05) is 10.6 Å². The van der Waals surface area contributed by atoms with Gasteiger partial charge in [0.25, 0.3) is 5.91 Å². The molecule has 0 aliphatic carbocycles. The molecule has 2 N–H and O–H groups in total. The Bertz CT molecular complexity index is 916. The monoisotopic (exact) mass is 376 g/mol. The van der Waals surface area contributed by atoms with E-state index in [4.69, 9.17) is 23.2 Å². The highest BCUT2D eigenvalue weighted by Crippen LogP contribution is 2.31. The highest BCUT2D eigenvalue weighted by Gasteiger charge is 2.12. The Hall–Kier alpha value is -2.70. The van der Waals surface area contributed by atoms with E-state index in [1.165, 1.54) is 30.5 Å². The summed E-state index contributed by atoms with van der Waals surface area (Å²) in [6.45, 7) is 0. The zero-order chi connectivity index (χ0) is 17.8. The minimum atomic E-state index is -0.499. The van der Waals surface area contributed by atoms with Crippen LogP contribution in [0.25, 0.3) is 0 Å². The molecule has 0 saturated heterocycles. The van der Waals surface area contributed by atoms with Crippen LogP contribution in [0.5, 0.6) is 0 Å². The smallest absolute Gasteiger partial charge is 0.274 e. The van der Waals surface area contributed by atoms with E-state index in [1.807, 2.05) is 0 Å².